The molecule has 0 N–H and O–H groups in total. The number of carbonyl (C=O) groups excluding carboxylic acids is 1. The van der Waals surface area contributed by atoms with E-state index in [-0.39, 0.29) is 11.7 Å². The molecule has 22 heavy (non-hydrogen) atoms. The van der Waals surface area contributed by atoms with Gasteiger partial charge in [0.25, 0.3) is 5.91 Å². The molecule has 0 fully saturated rings. The van der Waals surface area contributed by atoms with Crippen LogP contribution in [0.4, 0.5) is 11.5 Å². The van der Waals surface area contributed by atoms with Crippen molar-refractivity contribution in [1.29, 1.82) is 0 Å². The summed E-state index contributed by atoms with van der Waals surface area (Å²) < 4.78 is 5.42. The van der Waals surface area contributed by atoms with Gasteiger partial charge in [0.2, 0.25) is 5.75 Å². The normalized spacial score (nSPS) is 11.5. The molecule has 0 radical (unpaired) electrons. The van der Waals surface area contributed by atoms with Crippen LogP contribution in [0.2, 0.25) is 0 Å². The summed E-state index contributed by atoms with van der Waals surface area (Å²) >= 11 is 0. The van der Waals surface area contributed by atoms with Crippen LogP contribution in [0, 0.1) is 10.1 Å². The second-order valence-corrected chi connectivity index (χ2v) is 4.58. The Hall–Kier alpha value is -2.96. The smallest absolute Gasteiger partial charge is 0.406 e. The standard InChI is InChI=1S/C15H15N3O4/c1-11(15(19)17(2)12-7-4-3-5-8-12)22-13-9-6-10-16-14(13)18(20)21/h3-11H,1-2H3/t11-/m1/s1. The highest BCUT2D eigenvalue weighted by Crippen LogP contribution is 2.24. The number of benzene rings is 1. The minimum Gasteiger partial charge on any atom is -0.473 e. The van der Waals surface area contributed by atoms with Crippen LogP contribution in [0.1, 0.15) is 6.92 Å². The van der Waals surface area contributed by atoms with Crippen LogP contribution in [-0.2, 0) is 4.79 Å². The third-order valence-corrected chi connectivity index (χ3v) is 3.05. The molecule has 7 heteroatoms. The fraction of sp³-hybridized carbons (Fsp3) is 0.200. The van der Waals surface area contributed by atoms with E-state index in [1.807, 2.05) is 18.2 Å². The van der Waals surface area contributed by atoms with Gasteiger partial charge in [0.1, 0.15) is 6.20 Å². The van der Waals surface area contributed by atoms with Crippen LogP contribution in [0.15, 0.2) is 48.7 Å². The largest absolute Gasteiger partial charge is 0.473 e. The van der Waals surface area contributed by atoms with Crippen molar-refractivity contribution in [2.75, 3.05) is 11.9 Å². The molecule has 1 heterocycles. The van der Waals surface area contributed by atoms with Crippen molar-refractivity contribution in [1.82, 2.24) is 4.98 Å². The molecule has 0 saturated heterocycles. The van der Waals surface area contributed by atoms with Gasteiger partial charge >= 0.3 is 5.82 Å². The number of hydrogen-bond donors (Lipinski definition) is 0. The van der Waals surface area contributed by atoms with Crippen molar-refractivity contribution >= 4 is 17.4 Å². The molecule has 1 amide bonds. The van der Waals surface area contributed by atoms with Gasteiger partial charge in [-0.1, -0.05) is 18.2 Å². The first-order valence-corrected chi connectivity index (χ1v) is 6.59. The molecule has 0 aliphatic carbocycles. The number of ether oxygens (including phenoxy) is 1. The molecule has 0 saturated carbocycles. The van der Waals surface area contributed by atoms with Crippen molar-refractivity contribution < 1.29 is 14.5 Å². The zero-order valence-corrected chi connectivity index (χ0v) is 12.2. The number of hydrogen-bond acceptors (Lipinski definition) is 5. The average molecular weight is 301 g/mol. The first-order chi connectivity index (χ1) is 10.5. The lowest BCUT2D eigenvalue weighted by Crippen LogP contribution is -2.38. The van der Waals surface area contributed by atoms with E-state index >= 15 is 0 Å². The molecule has 0 aliphatic rings. The summed E-state index contributed by atoms with van der Waals surface area (Å²) in [5.41, 5.74) is 0.712. The van der Waals surface area contributed by atoms with Crippen LogP contribution in [0.3, 0.4) is 0 Å². The predicted octanol–water partition coefficient (Wildman–Crippen LogP) is 2.42. The lowest BCUT2D eigenvalue weighted by molar-refractivity contribution is -0.390. The number of amides is 1. The first-order valence-electron chi connectivity index (χ1n) is 6.59. The Morgan fingerprint density at radius 2 is 1.95 bits per heavy atom. The fourth-order valence-corrected chi connectivity index (χ4v) is 1.90. The Morgan fingerprint density at radius 1 is 1.27 bits per heavy atom. The molecule has 1 aromatic heterocycles. The topological polar surface area (TPSA) is 85.6 Å². The molecule has 2 aromatic rings. The van der Waals surface area contributed by atoms with E-state index in [1.165, 1.54) is 23.2 Å². The zero-order chi connectivity index (χ0) is 16.1. The van der Waals surface area contributed by atoms with Crippen LogP contribution in [-0.4, -0.2) is 29.0 Å². The maximum absolute atomic E-state index is 12.3. The van der Waals surface area contributed by atoms with Gasteiger partial charge in [-0.15, -0.1) is 0 Å². The number of para-hydroxylation sites is 1. The second kappa shape index (κ2) is 6.66. The van der Waals surface area contributed by atoms with Crippen molar-refractivity contribution in [2.24, 2.45) is 0 Å². The summed E-state index contributed by atoms with van der Waals surface area (Å²) in [6.07, 6.45) is 0.418. The van der Waals surface area contributed by atoms with Crippen molar-refractivity contribution in [3.8, 4) is 5.75 Å². The Labute approximate surface area is 127 Å². The maximum atomic E-state index is 12.3. The number of pyridine rings is 1. The minimum atomic E-state index is -0.881. The second-order valence-electron chi connectivity index (χ2n) is 4.58. The van der Waals surface area contributed by atoms with Crippen LogP contribution in [0.5, 0.6) is 5.75 Å². The molecule has 7 nitrogen and oxygen atoms in total. The molecule has 1 aromatic carbocycles. The Morgan fingerprint density at radius 3 is 2.59 bits per heavy atom. The van der Waals surface area contributed by atoms with Gasteiger partial charge < -0.3 is 19.8 Å². The van der Waals surface area contributed by atoms with E-state index in [2.05, 4.69) is 4.98 Å². The highest BCUT2D eigenvalue weighted by molar-refractivity contribution is 5.96. The molecular weight excluding hydrogens is 286 g/mol. The SMILES string of the molecule is C[C@@H](Oc1cccnc1[N+](=O)[O-])C(=O)N(C)c1ccccc1. The van der Waals surface area contributed by atoms with E-state index in [0.29, 0.717) is 5.69 Å². The average Bonchev–Trinajstić information content (AvgIpc) is 2.54. The lowest BCUT2D eigenvalue weighted by Gasteiger charge is -2.21. The quantitative estimate of drug-likeness (QED) is 0.625. The maximum Gasteiger partial charge on any atom is 0.406 e. The number of likely N-dealkylation sites (N-methyl/N-ethyl adjacent to an activating group) is 1. The summed E-state index contributed by atoms with van der Waals surface area (Å²) in [7, 11) is 1.62. The van der Waals surface area contributed by atoms with Crippen LogP contribution in [0.25, 0.3) is 0 Å². The third-order valence-electron chi connectivity index (χ3n) is 3.05. The van der Waals surface area contributed by atoms with Gasteiger partial charge in [0.05, 0.1) is 0 Å². The number of nitro groups is 1. The number of anilines is 1. The number of carbonyl (C=O) groups is 1. The number of nitrogens with zero attached hydrogens (tertiary/aromatic N) is 3. The van der Waals surface area contributed by atoms with Gasteiger partial charge in [-0.3, -0.25) is 4.79 Å². The summed E-state index contributed by atoms with van der Waals surface area (Å²) in [4.78, 5) is 27.7. The molecule has 114 valence electrons. The van der Waals surface area contributed by atoms with Gasteiger partial charge in [0.15, 0.2) is 6.10 Å². The van der Waals surface area contributed by atoms with Crippen molar-refractivity contribution in [2.45, 2.75) is 13.0 Å². The molecule has 1 atom stereocenters. The molecular formula is C15H15N3O4. The number of rotatable bonds is 5. The molecule has 0 spiro atoms. The van der Waals surface area contributed by atoms with E-state index in [9.17, 15) is 14.9 Å². The highest BCUT2D eigenvalue weighted by Gasteiger charge is 2.24. The van der Waals surface area contributed by atoms with E-state index in [1.54, 1.807) is 26.1 Å². The Kier molecular flexibility index (Phi) is 4.67. The van der Waals surface area contributed by atoms with Gasteiger partial charge in [-0.2, -0.15) is 0 Å². The Balaban J connectivity index is 2.14. The summed E-state index contributed by atoms with van der Waals surface area (Å²) in [6, 6.07) is 12.0. The lowest BCUT2D eigenvalue weighted by atomic mass is 10.2. The number of aromatic nitrogens is 1. The van der Waals surface area contributed by atoms with E-state index in [0.717, 1.165) is 0 Å². The van der Waals surface area contributed by atoms with Crippen molar-refractivity contribution in [3.05, 3.63) is 58.8 Å². The van der Waals surface area contributed by atoms with E-state index in [4.69, 9.17) is 4.74 Å². The summed E-state index contributed by atoms with van der Waals surface area (Å²) in [6.45, 7) is 1.54. The molecule has 0 unspecified atom stereocenters. The highest BCUT2D eigenvalue weighted by atomic mass is 16.6. The Bertz CT molecular complexity index is 675. The molecule has 2 rings (SSSR count). The molecule has 0 aliphatic heterocycles. The van der Waals surface area contributed by atoms with Gasteiger partial charge in [-0.05, 0) is 41.1 Å². The third kappa shape index (κ3) is 3.38. The summed E-state index contributed by atoms with van der Waals surface area (Å²) in [5, 5.41) is 10.9. The van der Waals surface area contributed by atoms with Gasteiger partial charge in [0, 0.05) is 12.7 Å². The van der Waals surface area contributed by atoms with E-state index < -0.39 is 16.8 Å². The monoisotopic (exact) mass is 301 g/mol. The zero-order valence-electron chi connectivity index (χ0n) is 12.2. The van der Waals surface area contributed by atoms with Gasteiger partial charge in [-0.25, -0.2) is 0 Å². The predicted molar refractivity (Wildman–Crippen MR) is 80.8 cm³/mol. The minimum absolute atomic E-state index is 0.0326. The van der Waals surface area contributed by atoms with Crippen LogP contribution >= 0.6 is 0 Å². The fourth-order valence-electron chi connectivity index (χ4n) is 1.90. The first kappa shape index (κ1) is 15.4. The summed E-state index contributed by atoms with van der Waals surface area (Å²) in [5.74, 6) is -0.760. The van der Waals surface area contributed by atoms with Crippen molar-refractivity contribution in [3.63, 3.8) is 0 Å². The van der Waals surface area contributed by atoms with Crippen LogP contribution < -0.4 is 9.64 Å². The molecule has 0 bridgehead atoms.